The van der Waals surface area contributed by atoms with Crippen LogP contribution in [0.2, 0.25) is 0 Å². The second-order valence-corrected chi connectivity index (χ2v) is 8.26. The Bertz CT molecular complexity index is 997. The fourth-order valence-electron chi connectivity index (χ4n) is 3.79. The van der Waals surface area contributed by atoms with Gasteiger partial charge in [0, 0.05) is 42.8 Å². The molecule has 2 heterocycles. The van der Waals surface area contributed by atoms with Crippen LogP contribution in [0.15, 0.2) is 67.0 Å². The van der Waals surface area contributed by atoms with E-state index in [0.29, 0.717) is 6.54 Å². The molecule has 0 unspecified atom stereocenters. The monoisotopic (exact) mass is 433 g/mol. The summed E-state index contributed by atoms with van der Waals surface area (Å²) in [6.45, 7) is 6.62. The number of rotatable bonds is 8. The van der Waals surface area contributed by atoms with Crippen molar-refractivity contribution in [2.75, 3.05) is 43.6 Å². The Labute approximate surface area is 189 Å². The summed E-state index contributed by atoms with van der Waals surface area (Å²) in [5.74, 6) is -0.0247. The second kappa shape index (κ2) is 10.4. The van der Waals surface area contributed by atoms with Gasteiger partial charge in [-0.05, 0) is 43.8 Å². The Morgan fingerprint density at radius 1 is 1.09 bits per heavy atom. The predicted molar refractivity (Wildman–Crippen MR) is 127 cm³/mol. The van der Waals surface area contributed by atoms with Crippen LogP contribution in [0, 0.1) is 0 Å². The van der Waals surface area contributed by atoms with Crippen molar-refractivity contribution in [3.63, 3.8) is 0 Å². The number of nitrogens with zero attached hydrogens (tertiary/aromatic N) is 4. The van der Waals surface area contributed by atoms with E-state index in [-0.39, 0.29) is 11.9 Å². The van der Waals surface area contributed by atoms with Gasteiger partial charge < -0.3 is 15.0 Å². The van der Waals surface area contributed by atoms with Gasteiger partial charge in [0.2, 0.25) is 5.91 Å². The van der Waals surface area contributed by atoms with Crippen LogP contribution < -0.4 is 10.2 Å². The number of likely N-dealkylation sites (N-methyl/N-ethyl adjacent to an activating group) is 1. The van der Waals surface area contributed by atoms with Crippen LogP contribution in [-0.4, -0.2) is 60.0 Å². The summed E-state index contributed by atoms with van der Waals surface area (Å²) in [6, 6.07) is 18.0. The van der Waals surface area contributed by atoms with Crippen molar-refractivity contribution in [1.82, 2.24) is 14.7 Å². The van der Waals surface area contributed by atoms with Crippen LogP contribution in [-0.2, 0) is 22.6 Å². The number of ether oxygens (including phenoxy) is 1. The normalized spacial score (nSPS) is 15.0. The number of hydrogen-bond donors (Lipinski definition) is 1. The summed E-state index contributed by atoms with van der Waals surface area (Å²) in [5, 5.41) is 7.49. The highest BCUT2D eigenvalue weighted by Crippen LogP contribution is 2.19. The molecule has 0 aliphatic carbocycles. The first-order valence-electron chi connectivity index (χ1n) is 11.1. The first-order chi connectivity index (χ1) is 15.6. The zero-order chi connectivity index (χ0) is 22.3. The second-order valence-electron chi connectivity index (χ2n) is 8.26. The molecule has 1 saturated heterocycles. The van der Waals surface area contributed by atoms with E-state index in [2.05, 4.69) is 39.6 Å². The van der Waals surface area contributed by atoms with Gasteiger partial charge in [-0.1, -0.05) is 30.3 Å². The van der Waals surface area contributed by atoms with Gasteiger partial charge in [0.25, 0.3) is 0 Å². The lowest BCUT2D eigenvalue weighted by Crippen LogP contribution is -2.39. The van der Waals surface area contributed by atoms with Crippen molar-refractivity contribution < 1.29 is 9.53 Å². The van der Waals surface area contributed by atoms with Gasteiger partial charge >= 0.3 is 0 Å². The molecular formula is C25H31N5O2. The molecule has 0 bridgehead atoms. The maximum Gasteiger partial charge on any atom is 0.241 e. The molecule has 0 radical (unpaired) electrons. The molecule has 3 aromatic rings. The number of carbonyl (C=O) groups excluding carboxylic acids is 1. The number of morpholine rings is 1. The third kappa shape index (κ3) is 5.75. The molecule has 7 heteroatoms. The number of carbonyl (C=O) groups is 1. The zero-order valence-electron chi connectivity index (χ0n) is 18.8. The Kier molecular flexibility index (Phi) is 7.19. The summed E-state index contributed by atoms with van der Waals surface area (Å²) in [6.07, 6.45) is 3.91. The maximum absolute atomic E-state index is 12.8. The quantitative estimate of drug-likeness (QED) is 0.591. The maximum atomic E-state index is 12.8. The molecule has 1 amide bonds. The van der Waals surface area contributed by atoms with Crippen LogP contribution in [0.4, 0.5) is 11.4 Å². The van der Waals surface area contributed by atoms with Crippen molar-refractivity contribution in [3.05, 3.63) is 78.1 Å². The first-order valence-corrected chi connectivity index (χ1v) is 11.1. The van der Waals surface area contributed by atoms with Gasteiger partial charge in [-0.15, -0.1) is 0 Å². The van der Waals surface area contributed by atoms with Gasteiger partial charge in [0.05, 0.1) is 32.0 Å². The smallest absolute Gasteiger partial charge is 0.241 e. The van der Waals surface area contributed by atoms with Crippen molar-refractivity contribution in [2.24, 2.45) is 0 Å². The molecule has 1 aliphatic heterocycles. The number of nitrogens with one attached hydrogen (secondary N) is 1. The molecule has 7 nitrogen and oxygen atoms in total. The van der Waals surface area contributed by atoms with Gasteiger partial charge in [0.15, 0.2) is 0 Å². The molecule has 4 rings (SSSR count). The summed E-state index contributed by atoms with van der Waals surface area (Å²) in [5.41, 5.74) is 4.26. The van der Waals surface area contributed by atoms with Crippen LogP contribution in [0.3, 0.4) is 0 Å². The minimum absolute atomic E-state index is 0.0247. The number of anilines is 2. The molecule has 32 heavy (non-hydrogen) atoms. The van der Waals surface area contributed by atoms with Gasteiger partial charge in [-0.25, -0.2) is 0 Å². The Hall–Kier alpha value is -3.16. The van der Waals surface area contributed by atoms with E-state index in [1.165, 1.54) is 5.56 Å². The molecule has 1 aromatic heterocycles. The van der Waals surface area contributed by atoms with Crippen molar-refractivity contribution in [3.8, 4) is 0 Å². The SMILES string of the molecule is C[C@H](C(=O)Nc1ccc(N2CCOCC2)cc1)N(C)Cc1cnn(Cc2ccccc2)c1. The highest BCUT2D eigenvalue weighted by molar-refractivity contribution is 5.94. The Morgan fingerprint density at radius 2 is 1.81 bits per heavy atom. The molecule has 0 spiro atoms. The van der Waals surface area contributed by atoms with Crippen LogP contribution in [0.5, 0.6) is 0 Å². The van der Waals surface area contributed by atoms with E-state index in [9.17, 15) is 4.79 Å². The summed E-state index contributed by atoms with van der Waals surface area (Å²) in [4.78, 5) is 17.1. The number of hydrogen-bond acceptors (Lipinski definition) is 5. The van der Waals surface area contributed by atoms with E-state index < -0.39 is 0 Å². The number of aromatic nitrogens is 2. The molecule has 168 valence electrons. The lowest BCUT2D eigenvalue weighted by atomic mass is 10.2. The standard InChI is InChI=1S/C25H31N5O2/c1-20(25(31)27-23-8-10-24(11-9-23)29-12-14-32-15-13-29)28(2)17-22-16-26-30(19-22)18-21-6-4-3-5-7-21/h3-11,16,19-20H,12-15,17-18H2,1-2H3,(H,27,31)/t20-/m1/s1. The average Bonchev–Trinajstić information content (AvgIpc) is 3.26. The Balaban J connectivity index is 1.29. The van der Waals surface area contributed by atoms with Crippen LogP contribution in [0.1, 0.15) is 18.1 Å². The van der Waals surface area contributed by atoms with E-state index in [1.807, 2.05) is 66.3 Å². The molecular weight excluding hydrogens is 402 g/mol. The van der Waals surface area contributed by atoms with Crippen molar-refractivity contribution >= 4 is 17.3 Å². The van der Waals surface area contributed by atoms with Crippen LogP contribution >= 0.6 is 0 Å². The summed E-state index contributed by atoms with van der Waals surface area (Å²) >= 11 is 0. The third-order valence-electron chi connectivity index (χ3n) is 5.86. The summed E-state index contributed by atoms with van der Waals surface area (Å²) in [7, 11) is 1.96. The lowest BCUT2D eigenvalue weighted by Gasteiger charge is -2.29. The summed E-state index contributed by atoms with van der Waals surface area (Å²) < 4.78 is 7.34. The highest BCUT2D eigenvalue weighted by Gasteiger charge is 2.19. The molecule has 2 aromatic carbocycles. The van der Waals surface area contributed by atoms with Gasteiger partial charge in [-0.3, -0.25) is 14.4 Å². The fraction of sp³-hybridized carbons (Fsp3) is 0.360. The third-order valence-corrected chi connectivity index (χ3v) is 5.86. The first kappa shape index (κ1) is 22.0. The highest BCUT2D eigenvalue weighted by atomic mass is 16.5. The largest absolute Gasteiger partial charge is 0.378 e. The van der Waals surface area contributed by atoms with Crippen LogP contribution in [0.25, 0.3) is 0 Å². The lowest BCUT2D eigenvalue weighted by molar-refractivity contribution is -0.120. The predicted octanol–water partition coefficient (Wildman–Crippen LogP) is 3.23. The molecule has 1 atom stereocenters. The average molecular weight is 434 g/mol. The zero-order valence-corrected chi connectivity index (χ0v) is 18.8. The minimum Gasteiger partial charge on any atom is -0.378 e. The molecule has 1 N–H and O–H groups in total. The number of benzene rings is 2. The molecule has 1 aliphatic rings. The fourth-order valence-corrected chi connectivity index (χ4v) is 3.79. The van der Waals surface area contributed by atoms with Gasteiger partial charge in [-0.2, -0.15) is 5.10 Å². The van der Waals surface area contributed by atoms with Crippen molar-refractivity contribution in [2.45, 2.75) is 26.1 Å². The number of amides is 1. The van der Waals surface area contributed by atoms with E-state index in [1.54, 1.807) is 0 Å². The Morgan fingerprint density at radius 3 is 2.53 bits per heavy atom. The minimum atomic E-state index is -0.272. The molecule has 0 saturated carbocycles. The van der Waals surface area contributed by atoms with E-state index in [0.717, 1.165) is 49.8 Å². The molecule has 1 fully saturated rings. The topological polar surface area (TPSA) is 62.6 Å². The van der Waals surface area contributed by atoms with Crippen molar-refractivity contribution in [1.29, 1.82) is 0 Å². The van der Waals surface area contributed by atoms with Gasteiger partial charge in [0.1, 0.15) is 0 Å². The van der Waals surface area contributed by atoms with E-state index in [4.69, 9.17) is 4.74 Å². The van der Waals surface area contributed by atoms with E-state index >= 15 is 0 Å².